The maximum Gasteiger partial charge on any atom is 0.187 e. The zero-order valence-corrected chi connectivity index (χ0v) is 14.2. The fourth-order valence-corrected chi connectivity index (χ4v) is 2.70. The van der Waals surface area contributed by atoms with Gasteiger partial charge in [-0.3, -0.25) is 0 Å². The number of aromatic nitrogens is 2. The van der Waals surface area contributed by atoms with Crippen LogP contribution >= 0.6 is 40.1 Å². The van der Waals surface area contributed by atoms with Crippen LogP contribution in [0.3, 0.4) is 0 Å². The highest BCUT2D eigenvalue weighted by atomic mass is 79.9. The molecule has 114 valence electrons. The molecule has 21 heavy (non-hydrogen) atoms. The van der Waals surface area contributed by atoms with Gasteiger partial charge in [-0.2, -0.15) is 0 Å². The summed E-state index contributed by atoms with van der Waals surface area (Å²) in [5.74, 6) is -1.66. The predicted octanol–water partition coefficient (Wildman–Crippen LogP) is 3.75. The Kier molecular flexibility index (Phi) is 6.99. The predicted molar refractivity (Wildman–Crippen MR) is 86.0 cm³/mol. The van der Waals surface area contributed by atoms with Crippen LogP contribution in [-0.2, 0) is 0 Å². The smallest absolute Gasteiger partial charge is 0.187 e. The molecule has 1 heterocycles. The highest BCUT2D eigenvalue weighted by Crippen LogP contribution is 2.30. The largest absolute Gasteiger partial charge is 0.329 e. The summed E-state index contributed by atoms with van der Waals surface area (Å²) in [4.78, 5) is 8.50. The SMILES string of the molecule is CSc1ncc(Br)c([C@H](CN)c2cc(F)cc(F)c2)n1.Cl. The molecule has 1 aromatic carbocycles. The molecule has 0 spiro atoms. The molecule has 0 saturated carbocycles. The molecule has 2 aromatic rings. The molecule has 3 nitrogen and oxygen atoms in total. The van der Waals surface area contributed by atoms with E-state index in [9.17, 15) is 8.78 Å². The van der Waals surface area contributed by atoms with Gasteiger partial charge >= 0.3 is 0 Å². The number of halogens is 4. The van der Waals surface area contributed by atoms with Gasteiger partial charge in [-0.25, -0.2) is 18.7 Å². The summed E-state index contributed by atoms with van der Waals surface area (Å²) in [6.07, 6.45) is 3.47. The molecular formula is C13H13BrClF2N3S. The van der Waals surface area contributed by atoms with E-state index in [1.807, 2.05) is 6.26 Å². The normalized spacial score (nSPS) is 11.9. The van der Waals surface area contributed by atoms with Gasteiger partial charge in [-0.05, 0) is 39.9 Å². The molecule has 0 saturated heterocycles. The first kappa shape index (κ1) is 18.3. The van der Waals surface area contributed by atoms with Crippen LogP contribution in [0.1, 0.15) is 17.2 Å². The van der Waals surface area contributed by atoms with Crippen LogP contribution in [0.2, 0.25) is 0 Å². The Balaban J connectivity index is 0.00000220. The van der Waals surface area contributed by atoms with E-state index in [2.05, 4.69) is 25.9 Å². The van der Waals surface area contributed by atoms with E-state index < -0.39 is 17.6 Å². The monoisotopic (exact) mass is 395 g/mol. The van der Waals surface area contributed by atoms with E-state index in [4.69, 9.17) is 5.73 Å². The van der Waals surface area contributed by atoms with Gasteiger partial charge in [0.1, 0.15) is 11.6 Å². The third kappa shape index (κ3) is 4.35. The van der Waals surface area contributed by atoms with Crippen molar-refractivity contribution < 1.29 is 8.78 Å². The van der Waals surface area contributed by atoms with Crippen molar-refractivity contribution >= 4 is 40.1 Å². The van der Waals surface area contributed by atoms with Gasteiger partial charge in [0.25, 0.3) is 0 Å². The Labute approximate surface area is 140 Å². The van der Waals surface area contributed by atoms with Crippen molar-refractivity contribution in [3.63, 3.8) is 0 Å². The summed E-state index contributed by atoms with van der Waals surface area (Å²) in [7, 11) is 0. The lowest BCUT2D eigenvalue weighted by Gasteiger charge is -2.17. The highest BCUT2D eigenvalue weighted by molar-refractivity contribution is 9.10. The van der Waals surface area contributed by atoms with Crippen LogP contribution in [0.25, 0.3) is 0 Å². The molecule has 0 aliphatic carbocycles. The van der Waals surface area contributed by atoms with Crippen LogP contribution in [0.15, 0.2) is 34.0 Å². The van der Waals surface area contributed by atoms with E-state index in [1.165, 1.54) is 23.9 Å². The fraction of sp³-hybridized carbons (Fsp3) is 0.231. The topological polar surface area (TPSA) is 51.8 Å². The van der Waals surface area contributed by atoms with Crippen molar-refractivity contribution in [1.29, 1.82) is 0 Å². The van der Waals surface area contributed by atoms with Crippen molar-refractivity contribution in [2.24, 2.45) is 5.73 Å². The number of hydrogen-bond acceptors (Lipinski definition) is 4. The quantitative estimate of drug-likeness (QED) is 0.632. The molecule has 0 radical (unpaired) electrons. The number of thioether (sulfide) groups is 1. The van der Waals surface area contributed by atoms with E-state index in [1.54, 1.807) is 6.20 Å². The second-order valence-corrected chi connectivity index (χ2v) is 5.71. The zero-order valence-electron chi connectivity index (χ0n) is 11.0. The number of nitrogens with zero attached hydrogens (tertiary/aromatic N) is 2. The fourth-order valence-electron chi connectivity index (χ4n) is 1.89. The molecule has 0 aliphatic rings. The molecule has 1 atom stereocenters. The van der Waals surface area contributed by atoms with Crippen molar-refractivity contribution in [3.05, 3.63) is 51.8 Å². The number of hydrogen-bond donors (Lipinski definition) is 1. The van der Waals surface area contributed by atoms with Crippen molar-refractivity contribution in [2.45, 2.75) is 11.1 Å². The first-order chi connectivity index (χ1) is 9.55. The molecule has 0 unspecified atom stereocenters. The standard InChI is InChI=1S/C13H12BrF2N3S.ClH/c1-20-13-18-6-11(14)12(19-13)10(5-17)7-2-8(15)4-9(16)3-7;/h2-4,6,10H,5,17H2,1H3;1H/t10-;/m1./s1. The molecular weight excluding hydrogens is 384 g/mol. The second kappa shape index (κ2) is 8.03. The van der Waals surface area contributed by atoms with Gasteiger partial charge in [0.05, 0.1) is 10.2 Å². The number of nitrogens with two attached hydrogens (primary N) is 1. The summed E-state index contributed by atoms with van der Waals surface area (Å²) >= 11 is 4.75. The minimum atomic E-state index is -0.631. The number of rotatable bonds is 4. The van der Waals surface area contributed by atoms with Gasteiger partial charge in [-0.1, -0.05) is 11.8 Å². The zero-order chi connectivity index (χ0) is 14.7. The Morgan fingerprint density at radius 2 is 1.90 bits per heavy atom. The van der Waals surface area contributed by atoms with Crippen LogP contribution in [0.5, 0.6) is 0 Å². The molecule has 2 rings (SSSR count). The van der Waals surface area contributed by atoms with Gasteiger partial charge in [0, 0.05) is 24.7 Å². The lowest BCUT2D eigenvalue weighted by atomic mass is 9.95. The van der Waals surface area contributed by atoms with Crippen LogP contribution in [-0.4, -0.2) is 22.8 Å². The summed E-state index contributed by atoms with van der Waals surface area (Å²) in [6.45, 7) is 0.187. The first-order valence-corrected chi connectivity index (χ1v) is 7.79. The van der Waals surface area contributed by atoms with Crippen LogP contribution in [0.4, 0.5) is 8.78 Å². The molecule has 1 aromatic heterocycles. The van der Waals surface area contributed by atoms with Gasteiger partial charge in [0.15, 0.2) is 5.16 Å². The van der Waals surface area contributed by atoms with Crippen molar-refractivity contribution in [3.8, 4) is 0 Å². The van der Waals surface area contributed by atoms with E-state index in [0.717, 1.165) is 6.07 Å². The average Bonchev–Trinajstić information content (AvgIpc) is 2.40. The lowest BCUT2D eigenvalue weighted by molar-refractivity contribution is 0.576. The summed E-state index contributed by atoms with van der Waals surface area (Å²) in [5, 5.41) is 0.582. The third-order valence-electron chi connectivity index (χ3n) is 2.78. The Morgan fingerprint density at radius 3 is 2.43 bits per heavy atom. The van der Waals surface area contributed by atoms with E-state index >= 15 is 0 Å². The van der Waals surface area contributed by atoms with Crippen molar-refractivity contribution in [1.82, 2.24) is 9.97 Å². The minimum absolute atomic E-state index is 0. The van der Waals surface area contributed by atoms with E-state index in [-0.39, 0.29) is 19.0 Å². The third-order valence-corrected chi connectivity index (χ3v) is 3.96. The van der Waals surface area contributed by atoms with Gasteiger partial charge < -0.3 is 5.73 Å². The molecule has 0 amide bonds. The van der Waals surface area contributed by atoms with Crippen LogP contribution in [0, 0.1) is 11.6 Å². The van der Waals surface area contributed by atoms with Gasteiger partial charge in [-0.15, -0.1) is 12.4 Å². The Bertz CT molecular complexity index is 610. The summed E-state index contributed by atoms with van der Waals surface area (Å²) in [5.41, 5.74) is 6.84. The van der Waals surface area contributed by atoms with E-state index in [0.29, 0.717) is 20.9 Å². The summed E-state index contributed by atoms with van der Waals surface area (Å²) in [6, 6.07) is 3.38. The minimum Gasteiger partial charge on any atom is -0.329 e. The molecule has 0 aliphatic heterocycles. The second-order valence-electron chi connectivity index (χ2n) is 4.08. The first-order valence-electron chi connectivity index (χ1n) is 5.77. The Hall–Kier alpha value is -0.760. The number of benzene rings is 1. The van der Waals surface area contributed by atoms with Crippen LogP contribution < -0.4 is 5.73 Å². The lowest BCUT2D eigenvalue weighted by Crippen LogP contribution is -2.17. The summed E-state index contributed by atoms with van der Waals surface area (Å²) < 4.78 is 27.4. The molecule has 0 bridgehead atoms. The maximum atomic E-state index is 13.4. The maximum absolute atomic E-state index is 13.4. The molecule has 8 heteroatoms. The highest BCUT2D eigenvalue weighted by Gasteiger charge is 2.19. The average molecular weight is 397 g/mol. The van der Waals surface area contributed by atoms with Crippen molar-refractivity contribution in [2.75, 3.05) is 12.8 Å². The van der Waals surface area contributed by atoms with Gasteiger partial charge in [0.2, 0.25) is 0 Å². The molecule has 2 N–H and O–H groups in total. The Morgan fingerprint density at radius 1 is 1.29 bits per heavy atom. The molecule has 0 fully saturated rings.